The summed E-state index contributed by atoms with van der Waals surface area (Å²) in [6.07, 6.45) is 8.81. The van der Waals surface area contributed by atoms with Crippen LogP contribution in [0, 0.1) is 5.92 Å². The molecule has 2 aromatic heterocycles. The second-order valence-electron chi connectivity index (χ2n) is 7.39. The van der Waals surface area contributed by atoms with Crippen LogP contribution in [-0.4, -0.2) is 23.1 Å². The summed E-state index contributed by atoms with van der Waals surface area (Å²) in [4.78, 5) is 11.5. The molecule has 0 amide bonds. The lowest BCUT2D eigenvalue weighted by Gasteiger charge is -2.28. The number of aromatic nitrogens is 2. The molecule has 3 heterocycles. The van der Waals surface area contributed by atoms with E-state index < -0.39 is 0 Å². The second-order valence-corrected chi connectivity index (χ2v) is 7.39. The molecule has 1 saturated heterocycles. The van der Waals surface area contributed by atoms with Crippen LogP contribution in [0.5, 0.6) is 0 Å². The van der Waals surface area contributed by atoms with E-state index >= 15 is 0 Å². The third-order valence-electron chi connectivity index (χ3n) is 4.79. The first-order valence-corrected chi connectivity index (χ1v) is 9.56. The first-order valence-electron chi connectivity index (χ1n) is 9.56. The van der Waals surface area contributed by atoms with Gasteiger partial charge in [0, 0.05) is 38.1 Å². The van der Waals surface area contributed by atoms with Crippen molar-refractivity contribution in [1.82, 2.24) is 15.3 Å². The molecule has 4 nitrogen and oxygen atoms in total. The van der Waals surface area contributed by atoms with Gasteiger partial charge in [-0.15, -0.1) is 0 Å². The Morgan fingerprint density at radius 3 is 2.60 bits per heavy atom. The Bertz CT molecular complexity index is 635. The van der Waals surface area contributed by atoms with Crippen LogP contribution in [0.1, 0.15) is 56.8 Å². The van der Waals surface area contributed by atoms with Crippen LogP contribution in [0.3, 0.4) is 0 Å². The molecule has 134 valence electrons. The van der Waals surface area contributed by atoms with Crippen molar-refractivity contribution in [1.29, 1.82) is 0 Å². The minimum atomic E-state index is 0.285. The standard InChI is InChI=1S/C21H30N4/c1-17(2)14-20(19-8-4-5-10-22-19)24-16-18-9-11-23-21(15-18)25-12-6-3-7-13-25/h4-5,8-11,15,17,20,24H,3,6-7,12-14,16H2,1-2H3. The summed E-state index contributed by atoms with van der Waals surface area (Å²) in [5.41, 5.74) is 2.42. The molecular weight excluding hydrogens is 308 g/mol. The summed E-state index contributed by atoms with van der Waals surface area (Å²) in [6.45, 7) is 7.63. The van der Waals surface area contributed by atoms with Gasteiger partial charge in [-0.25, -0.2) is 4.98 Å². The van der Waals surface area contributed by atoms with Gasteiger partial charge in [-0.1, -0.05) is 19.9 Å². The summed E-state index contributed by atoms with van der Waals surface area (Å²) >= 11 is 0. The van der Waals surface area contributed by atoms with Gasteiger partial charge in [-0.3, -0.25) is 4.98 Å². The van der Waals surface area contributed by atoms with Gasteiger partial charge in [-0.05, 0) is 61.4 Å². The average molecular weight is 338 g/mol. The number of anilines is 1. The third kappa shape index (κ3) is 5.27. The Morgan fingerprint density at radius 1 is 1.04 bits per heavy atom. The van der Waals surface area contributed by atoms with Crippen LogP contribution in [-0.2, 0) is 6.54 Å². The average Bonchev–Trinajstić information content (AvgIpc) is 2.66. The van der Waals surface area contributed by atoms with Crippen molar-refractivity contribution in [3.05, 3.63) is 54.0 Å². The largest absolute Gasteiger partial charge is 0.357 e. The molecule has 1 aliphatic heterocycles. The summed E-state index contributed by atoms with van der Waals surface area (Å²) in [6, 6.07) is 10.8. The SMILES string of the molecule is CC(C)CC(NCc1ccnc(N2CCCCC2)c1)c1ccccn1. The molecule has 0 aromatic carbocycles. The lowest BCUT2D eigenvalue weighted by atomic mass is 10.0. The number of rotatable bonds is 7. The van der Waals surface area contributed by atoms with E-state index in [2.05, 4.69) is 58.3 Å². The van der Waals surface area contributed by atoms with E-state index in [4.69, 9.17) is 0 Å². The van der Waals surface area contributed by atoms with Gasteiger partial charge >= 0.3 is 0 Å². The fourth-order valence-corrected chi connectivity index (χ4v) is 3.47. The van der Waals surface area contributed by atoms with Gasteiger partial charge in [0.15, 0.2) is 0 Å². The summed E-state index contributed by atoms with van der Waals surface area (Å²) in [5.74, 6) is 1.75. The Labute approximate surface area is 151 Å². The highest BCUT2D eigenvalue weighted by molar-refractivity contribution is 5.41. The molecule has 1 N–H and O–H groups in total. The van der Waals surface area contributed by atoms with E-state index in [-0.39, 0.29) is 6.04 Å². The predicted molar refractivity (Wildman–Crippen MR) is 104 cm³/mol. The van der Waals surface area contributed by atoms with E-state index in [9.17, 15) is 0 Å². The van der Waals surface area contributed by atoms with Crippen LogP contribution in [0.25, 0.3) is 0 Å². The minimum Gasteiger partial charge on any atom is -0.357 e. The van der Waals surface area contributed by atoms with E-state index in [1.54, 1.807) is 0 Å². The minimum absolute atomic E-state index is 0.285. The van der Waals surface area contributed by atoms with Gasteiger partial charge in [0.1, 0.15) is 5.82 Å². The lowest BCUT2D eigenvalue weighted by molar-refractivity contribution is 0.421. The maximum Gasteiger partial charge on any atom is 0.128 e. The maximum absolute atomic E-state index is 4.58. The van der Waals surface area contributed by atoms with Crippen LogP contribution in [0.4, 0.5) is 5.82 Å². The zero-order chi connectivity index (χ0) is 17.5. The van der Waals surface area contributed by atoms with Gasteiger partial charge in [-0.2, -0.15) is 0 Å². The molecular formula is C21H30N4. The molecule has 1 unspecified atom stereocenters. The Balaban J connectivity index is 1.66. The zero-order valence-electron chi connectivity index (χ0n) is 15.5. The molecule has 0 radical (unpaired) electrons. The molecule has 25 heavy (non-hydrogen) atoms. The Hall–Kier alpha value is -1.94. The van der Waals surface area contributed by atoms with Crippen molar-refractivity contribution in [2.75, 3.05) is 18.0 Å². The highest BCUT2D eigenvalue weighted by atomic mass is 15.2. The van der Waals surface area contributed by atoms with Gasteiger partial charge in [0.2, 0.25) is 0 Å². The number of hydrogen-bond donors (Lipinski definition) is 1. The van der Waals surface area contributed by atoms with E-state index in [1.165, 1.54) is 24.8 Å². The van der Waals surface area contributed by atoms with Crippen molar-refractivity contribution >= 4 is 5.82 Å². The number of piperidine rings is 1. The fraction of sp³-hybridized carbons (Fsp3) is 0.524. The predicted octanol–water partition coefficient (Wildman–Crippen LogP) is 4.34. The summed E-state index contributed by atoms with van der Waals surface area (Å²) < 4.78 is 0. The topological polar surface area (TPSA) is 41.1 Å². The third-order valence-corrected chi connectivity index (χ3v) is 4.79. The van der Waals surface area contributed by atoms with E-state index in [0.717, 1.165) is 37.6 Å². The van der Waals surface area contributed by atoms with Crippen molar-refractivity contribution in [3.63, 3.8) is 0 Å². The first kappa shape index (κ1) is 17.9. The van der Waals surface area contributed by atoms with Gasteiger partial charge < -0.3 is 10.2 Å². The molecule has 0 bridgehead atoms. The molecule has 0 spiro atoms. The fourth-order valence-electron chi connectivity index (χ4n) is 3.47. The molecule has 1 aliphatic rings. The molecule has 4 heteroatoms. The van der Waals surface area contributed by atoms with E-state index in [1.807, 2.05) is 18.5 Å². The monoisotopic (exact) mass is 338 g/mol. The van der Waals surface area contributed by atoms with Crippen molar-refractivity contribution in [3.8, 4) is 0 Å². The molecule has 1 atom stereocenters. The number of nitrogens with zero attached hydrogens (tertiary/aromatic N) is 3. The normalized spacial score (nSPS) is 16.2. The quantitative estimate of drug-likeness (QED) is 0.815. The molecule has 3 rings (SSSR count). The molecule has 1 fully saturated rings. The lowest BCUT2D eigenvalue weighted by Crippen LogP contribution is -2.30. The van der Waals surface area contributed by atoms with Gasteiger partial charge in [0.25, 0.3) is 0 Å². The van der Waals surface area contributed by atoms with Crippen LogP contribution in [0.15, 0.2) is 42.7 Å². The molecule has 0 aliphatic carbocycles. The highest BCUT2D eigenvalue weighted by Crippen LogP contribution is 2.21. The van der Waals surface area contributed by atoms with Crippen molar-refractivity contribution in [2.45, 2.75) is 52.1 Å². The van der Waals surface area contributed by atoms with Crippen molar-refractivity contribution < 1.29 is 0 Å². The second kappa shape index (κ2) is 8.95. The number of nitrogens with one attached hydrogen (secondary N) is 1. The van der Waals surface area contributed by atoms with Crippen molar-refractivity contribution in [2.24, 2.45) is 5.92 Å². The Morgan fingerprint density at radius 2 is 1.88 bits per heavy atom. The molecule has 2 aromatic rings. The van der Waals surface area contributed by atoms with E-state index in [0.29, 0.717) is 5.92 Å². The highest BCUT2D eigenvalue weighted by Gasteiger charge is 2.15. The van der Waals surface area contributed by atoms with Crippen LogP contribution >= 0.6 is 0 Å². The number of hydrogen-bond acceptors (Lipinski definition) is 4. The zero-order valence-corrected chi connectivity index (χ0v) is 15.5. The van der Waals surface area contributed by atoms with Crippen LogP contribution in [0.2, 0.25) is 0 Å². The smallest absolute Gasteiger partial charge is 0.128 e. The number of pyridine rings is 2. The summed E-state index contributed by atoms with van der Waals surface area (Å²) in [5, 5.41) is 3.71. The van der Waals surface area contributed by atoms with Gasteiger partial charge in [0.05, 0.1) is 5.69 Å². The maximum atomic E-state index is 4.58. The van der Waals surface area contributed by atoms with Crippen LogP contribution < -0.4 is 10.2 Å². The Kier molecular flexibility index (Phi) is 6.40. The summed E-state index contributed by atoms with van der Waals surface area (Å²) in [7, 11) is 0. The molecule has 0 saturated carbocycles. The first-order chi connectivity index (χ1) is 12.2.